The number of aromatic nitrogens is 2. The summed E-state index contributed by atoms with van der Waals surface area (Å²) in [5.41, 5.74) is 3.23. The molecule has 2 aromatic rings. The summed E-state index contributed by atoms with van der Waals surface area (Å²) in [7, 11) is 1.78. The molecule has 1 N–H and O–H groups in total. The molecule has 0 saturated heterocycles. The van der Waals surface area contributed by atoms with Crippen molar-refractivity contribution in [2.75, 3.05) is 7.05 Å². The molecule has 0 aliphatic rings. The lowest BCUT2D eigenvalue weighted by atomic mass is 10.1. The molecule has 0 fully saturated rings. The van der Waals surface area contributed by atoms with Crippen molar-refractivity contribution in [1.82, 2.24) is 9.97 Å². The van der Waals surface area contributed by atoms with Crippen molar-refractivity contribution in [2.24, 2.45) is 4.99 Å². The molecule has 1 aromatic heterocycles. The van der Waals surface area contributed by atoms with Crippen molar-refractivity contribution in [3.05, 3.63) is 29.6 Å². The fourth-order valence-electron chi connectivity index (χ4n) is 1.70. The zero-order valence-corrected chi connectivity index (χ0v) is 9.99. The first-order valence-corrected chi connectivity index (χ1v) is 5.66. The van der Waals surface area contributed by atoms with Gasteiger partial charge in [-0.05, 0) is 24.1 Å². The maximum absolute atomic E-state index is 4.58. The molecule has 0 spiro atoms. The Hall–Kier alpha value is -1.64. The van der Waals surface area contributed by atoms with Gasteiger partial charge < -0.3 is 4.98 Å². The molecule has 0 amide bonds. The van der Waals surface area contributed by atoms with Gasteiger partial charge in [0.05, 0.1) is 11.0 Å². The van der Waals surface area contributed by atoms with Gasteiger partial charge in [-0.2, -0.15) is 0 Å². The molecule has 0 saturated carbocycles. The standard InChI is InChI=1S/C13H17N3/c1-4-9(2)13-15-11-6-5-10(8-14-3)7-12(11)16-13/h5-9H,4H2,1-3H3,(H,15,16). The minimum absolute atomic E-state index is 0.482. The number of fused-ring (bicyclic) bond motifs is 1. The molecule has 1 aromatic carbocycles. The van der Waals surface area contributed by atoms with Crippen LogP contribution in [0.4, 0.5) is 0 Å². The summed E-state index contributed by atoms with van der Waals surface area (Å²) in [6, 6.07) is 6.16. The highest BCUT2D eigenvalue weighted by atomic mass is 14.9. The molecule has 16 heavy (non-hydrogen) atoms. The highest BCUT2D eigenvalue weighted by Crippen LogP contribution is 2.20. The van der Waals surface area contributed by atoms with Crippen LogP contribution in [0.15, 0.2) is 23.2 Å². The van der Waals surface area contributed by atoms with Gasteiger partial charge >= 0.3 is 0 Å². The number of aliphatic imine (C=N–C) groups is 1. The van der Waals surface area contributed by atoms with E-state index in [2.05, 4.69) is 34.9 Å². The van der Waals surface area contributed by atoms with E-state index in [1.807, 2.05) is 18.3 Å². The van der Waals surface area contributed by atoms with Crippen molar-refractivity contribution >= 4 is 17.2 Å². The second-order valence-electron chi connectivity index (χ2n) is 4.10. The van der Waals surface area contributed by atoms with Gasteiger partial charge in [0.15, 0.2) is 0 Å². The van der Waals surface area contributed by atoms with Crippen LogP contribution < -0.4 is 0 Å². The zero-order valence-electron chi connectivity index (χ0n) is 9.99. The van der Waals surface area contributed by atoms with Crippen LogP contribution in [0, 0.1) is 0 Å². The largest absolute Gasteiger partial charge is 0.342 e. The third-order valence-electron chi connectivity index (χ3n) is 2.88. The summed E-state index contributed by atoms with van der Waals surface area (Å²) >= 11 is 0. The molecule has 1 unspecified atom stereocenters. The van der Waals surface area contributed by atoms with Gasteiger partial charge in [0.2, 0.25) is 0 Å². The Bertz CT molecular complexity index is 511. The Balaban J connectivity index is 2.45. The van der Waals surface area contributed by atoms with E-state index in [1.165, 1.54) is 0 Å². The van der Waals surface area contributed by atoms with E-state index in [9.17, 15) is 0 Å². The molecule has 0 aliphatic heterocycles. The summed E-state index contributed by atoms with van der Waals surface area (Å²) in [6.45, 7) is 4.36. The molecule has 84 valence electrons. The Morgan fingerprint density at radius 2 is 2.31 bits per heavy atom. The molecule has 1 atom stereocenters. The van der Waals surface area contributed by atoms with E-state index in [1.54, 1.807) is 7.05 Å². The van der Waals surface area contributed by atoms with Crippen LogP contribution in [0.2, 0.25) is 0 Å². The number of H-pyrrole nitrogens is 1. The Morgan fingerprint density at radius 1 is 1.50 bits per heavy atom. The fourth-order valence-corrected chi connectivity index (χ4v) is 1.70. The number of rotatable bonds is 3. The van der Waals surface area contributed by atoms with Crippen molar-refractivity contribution in [3.8, 4) is 0 Å². The first kappa shape index (κ1) is 10.9. The highest BCUT2D eigenvalue weighted by Gasteiger charge is 2.08. The average Bonchev–Trinajstić information content (AvgIpc) is 2.71. The van der Waals surface area contributed by atoms with Crippen LogP contribution in [0.5, 0.6) is 0 Å². The van der Waals surface area contributed by atoms with Crippen LogP contribution in [-0.4, -0.2) is 23.2 Å². The zero-order chi connectivity index (χ0) is 11.5. The Kier molecular flexibility index (Phi) is 3.04. The number of nitrogens with zero attached hydrogens (tertiary/aromatic N) is 2. The second-order valence-corrected chi connectivity index (χ2v) is 4.10. The predicted molar refractivity (Wildman–Crippen MR) is 68.3 cm³/mol. The third kappa shape index (κ3) is 1.98. The molecule has 3 heteroatoms. The van der Waals surface area contributed by atoms with Crippen LogP contribution >= 0.6 is 0 Å². The molecule has 2 rings (SSSR count). The number of hydrogen-bond acceptors (Lipinski definition) is 2. The molecule has 0 radical (unpaired) electrons. The summed E-state index contributed by atoms with van der Waals surface area (Å²) in [5.74, 6) is 1.55. The van der Waals surface area contributed by atoms with Crippen LogP contribution in [0.25, 0.3) is 11.0 Å². The van der Waals surface area contributed by atoms with E-state index in [-0.39, 0.29) is 0 Å². The maximum Gasteiger partial charge on any atom is 0.110 e. The SMILES string of the molecule is CCC(C)c1nc2ccc(C=NC)cc2[nH]1. The first-order chi connectivity index (χ1) is 7.74. The molecular formula is C13H17N3. The molecule has 3 nitrogen and oxygen atoms in total. The van der Waals surface area contributed by atoms with E-state index in [4.69, 9.17) is 0 Å². The Morgan fingerprint density at radius 3 is 3.00 bits per heavy atom. The van der Waals surface area contributed by atoms with Crippen LogP contribution in [-0.2, 0) is 0 Å². The lowest BCUT2D eigenvalue weighted by Crippen LogP contribution is -1.92. The Labute approximate surface area is 95.6 Å². The van der Waals surface area contributed by atoms with Gasteiger partial charge in [-0.3, -0.25) is 4.99 Å². The lowest BCUT2D eigenvalue weighted by Gasteiger charge is -2.01. The fraction of sp³-hybridized carbons (Fsp3) is 0.385. The summed E-state index contributed by atoms with van der Waals surface area (Å²) in [5, 5.41) is 0. The maximum atomic E-state index is 4.58. The minimum atomic E-state index is 0.482. The smallest absolute Gasteiger partial charge is 0.110 e. The summed E-state index contributed by atoms with van der Waals surface area (Å²) < 4.78 is 0. The number of nitrogens with one attached hydrogen (secondary N) is 1. The normalized spacial score (nSPS) is 13.7. The monoisotopic (exact) mass is 215 g/mol. The predicted octanol–water partition coefficient (Wildman–Crippen LogP) is 3.13. The minimum Gasteiger partial charge on any atom is -0.342 e. The summed E-state index contributed by atoms with van der Waals surface area (Å²) in [4.78, 5) is 12.0. The number of hydrogen-bond donors (Lipinski definition) is 1. The van der Waals surface area contributed by atoms with E-state index in [0.717, 1.165) is 28.8 Å². The van der Waals surface area contributed by atoms with Gasteiger partial charge in [-0.1, -0.05) is 19.9 Å². The topological polar surface area (TPSA) is 41.0 Å². The molecule has 0 aliphatic carbocycles. The van der Waals surface area contributed by atoms with Crippen molar-refractivity contribution in [2.45, 2.75) is 26.2 Å². The number of benzene rings is 1. The van der Waals surface area contributed by atoms with E-state index >= 15 is 0 Å². The molecule has 0 bridgehead atoms. The van der Waals surface area contributed by atoms with Crippen molar-refractivity contribution in [1.29, 1.82) is 0 Å². The number of aromatic amines is 1. The average molecular weight is 215 g/mol. The molecular weight excluding hydrogens is 198 g/mol. The number of imidazole rings is 1. The van der Waals surface area contributed by atoms with E-state index < -0.39 is 0 Å². The second kappa shape index (κ2) is 4.47. The van der Waals surface area contributed by atoms with Gasteiger partial charge in [-0.15, -0.1) is 0 Å². The van der Waals surface area contributed by atoms with Crippen LogP contribution in [0.3, 0.4) is 0 Å². The van der Waals surface area contributed by atoms with Gasteiger partial charge in [0.25, 0.3) is 0 Å². The summed E-state index contributed by atoms with van der Waals surface area (Å²) in [6.07, 6.45) is 2.95. The van der Waals surface area contributed by atoms with E-state index in [0.29, 0.717) is 5.92 Å². The van der Waals surface area contributed by atoms with Crippen molar-refractivity contribution < 1.29 is 0 Å². The van der Waals surface area contributed by atoms with Gasteiger partial charge in [0, 0.05) is 19.2 Å². The lowest BCUT2D eigenvalue weighted by molar-refractivity contribution is 0.692. The molecule has 1 heterocycles. The van der Waals surface area contributed by atoms with Crippen LogP contribution in [0.1, 0.15) is 37.6 Å². The van der Waals surface area contributed by atoms with Gasteiger partial charge in [0.1, 0.15) is 5.82 Å². The quantitative estimate of drug-likeness (QED) is 0.785. The highest BCUT2D eigenvalue weighted by molar-refractivity contribution is 5.87. The van der Waals surface area contributed by atoms with Crippen molar-refractivity contribution in [3.63, 3.8) is 0 Å². The van der Waals surface area contributed by atoms with Gasteiger partial charge in [-0.25, -0.2) is 4.98 Å². The third-order valence-corrected chi connectivity index (χ3v) is 2.88. The first-order valence-electron chi connectivity index (χ1n) is 5.66.